The van der Waals surface area contributed by atoms with Gasteiger partial charge in [-0.3, -0.25) is 4.79 Å². The van der Waals surface area contributed by atoms with Crippen molar-refractivity contribution >= 4 is 12.0 Å². The van der Waals surface area contributed by atoms with Crippen molar-refractivity contribution in [3.05, 3.63) is 0 Å². The number of hydrogen-bond acceptors (Lipinski definition) is 3. The predicted molar refractivity (Wildman–Crippen MR) is 80.3 cm³/mol. The maximum Gasteiger partial charge on any atom is 0.318 e. The van der Waals surface area contributed by atoms with Gasteiger partial charge in [-0.2, -0.15) is 0 Å². The number of carbonyl (C=O) groups excluding carboxylic acids is 1. The van der Waals surface area contributed by atoms with Gasteiger partial charge in [0.1, 0.15) is 0 Å². The lowest BCUT2D eigenvalue weighted by molar-refractivity contribution is -0.137. The molecular weight excluding hydrogens is 272 g/mol. The average Bonchev–Trinajstić information content (AvgIpc) is 2.24. The van der Waals surface area contributed by atoms with E-state index in [1.165, 1.54) is 0 Å². The zero-order valence-corrected chi connectivity index (χ0v) is 13.7. The van der Waals surface area contributed by atoms with Crippen molar-refractivity contribution in [2.45, 2.75) is 71.1 Å². The standard InChI is InChI=1S/C15H28N2O4/c1-14(2,3)17(8-6-12(18)19)13(20)16-11-7-9-21-15(4,5)10-11/h11H,6-10H2,1-5H3,(H,16,20)(H,18,19). The van der Waals surface area contributed by atoms with E-state index in [2.05, 4.69) is 5.32 Å². The Hall–Kier alpha value is -1.30. The lowest BCUT2D eigenvalue weighted by Gasteiger charge is -2.39. The van der Waals surface area contributed by atoms with Gasteiger partial charge in [0.05, 0.1) is 12.0 Å². The van der Waals surface area contributed by atoms with Gasteiger partial charge in [-0.25, -0.2) is 4.79 Å². The monoisotopic (exact) mass is 300 g/mol. The van der Waals surface area contributed by atoms with Crippen LogP contribution >= 0.6 is 0 Å². The molecule has 0 aliphatic carbocycles. The summed E-state index contributed by atoms with van der Waals surface area (Å²) < 4.78 is 5.64. The predicted octanol–water partition coefficient (Wildman–Crippen LogP) is 2.23. The normalized spacial score (nSPS) is 21.7. The van der Waals surface area contributed by atoms with Gasteiger partial charge in [-0.1, -0.05) is 0 Å². The first kappa shape index (κ1) is 17.8. The van der Waals surface area contributed by atoms with Gasteiger partial charge >= 0.3 is 12.0 Å². The lowest BCUT2D eigenvalue weighted by Crippen LogP contribution is -2.55. The maximum absolute atomic E-state index is 12.5. The van der Waals surface area contributed by atoms with E-state index in [9.17, 15) is 9.59 Å². The minimum Gasteiger partial charge on any atom is -0.481 e. The fraction of sp³-hybridized carbons (Fsp3) is 0.867. The molecule has 0 aromatic rings. The number of amides is 2. The van der Waals surface area contributed by atoms with Crippen LogP contribution in [0.3, 0.4) is 0 Å². The lowest BCUT2D eigenvalue weighted by atomic mass is 9.94. The first-order valence-electron chi connectivity index (χ1n) is 7.45. The summed E-state index contributed by atoms with van der Waals surface area (Å²) in [6, 6.07) is -0.137. The van der Waals surface area contributed by atoms with Gasteiger partial charge < -0.3 is 20.1 Å². The highest BCUT2D eigenvalue weighted by atomic mass is 16.5. The molecule has 122 valence electrons. The van der Waals surface area contributed by atoms with E-state index in [4.69, 9.17) is 9.84 Å². The highest BCUT2D eigenvalue weighted by Crippen LogP contribution is 2.24. The van der Waals surface area contributed by atoms with E-state index in [-0.39, 0.29) is 30.6 Å². The second-order valence-electron chi connectivity index (χ2n) is 7.21. The molecule has 1 heterocycles. The zero-order chi connectivity index (χ0) is 16.3. The molecule has 1 atom stereocenters. The fourth-order valence-corrected chi connectivity index (χ4v) is 2.56. The van der Waals surface area contributed by atoms with E-state index < -0.39 is 11.5 Å². The molecule has 2 amide bonds. The van der Waals surface area contributed by atoms with E-state index >= 15 is 0 Å². The number of urea groups is 1. The summed E-state index contributed by atoms with van der Waals surface area (Å²) in [4.78, 5) is 24.8. The second-order valence-corrected chi connectivity index (χ2v) is 7.21. The van der Waals surface area contributed by atoms with Crippen LogP contribution in [0, 0.1) is 0 Å². The molecule has 0 spiro atoms. The Morgan fingerprint density at radius 3 is 2.48 bits per heavy atom. The largest absolute Gasteiger partial charge is 0.481 e. The second kappa shape index (κ2) is 6.64. The highest BCUT2D eigenvalue weighted by molar-refractivity contribution is 5.76. The molecule has 6 nitrogen and oxygen atoms in total. The van der Waals surface area contributed by atoms with E-state index in [1.54, 1.807) is 4.90 Å². The number of carboxylic acids is 1. The van der Waals surface area contributed by atoms with Crippen LogP contribution in [-0.4, -0.2) is 52.3 Å². The van der Waals surface area contributed by atoms with Crippen LogP contribution in [0.15, 0.2) is 0 Å². The molecule has 0 bridgehead atoms. The van der Waals surface area contributed by atoms with E-state index in [1.807, 2.05) is 34.6 Å². The van der Waals surface area contributed by atoms with Gasteiger partial charge in [0.2, 0.25) is 0 Å². The Kier molecular flexibility index (Phi) is 5.61. The molecule has 6 heteroatoms. The maximum atomic E-state index is 12.5. The third-order valence-electron chi connectivity index (χ3n) is 3.63. The van der Waals surface area contributed by atoms with Crippen molar-refractivity contribution in [3.8, 4) is 0 Å². The number of aliphatic carboxylic acids is 1. The van der Waals surface area contributed by atoms with Crippen molar-refractivity contribution in [1.29, 1.82) is 0 Å². The molecule has 1 rings (SSSR count). The summed E-state index contributed by atoms with van der Waals surface area (Å²) in [5, 5.41) is 11.8. The molecule has 2 N–H and O–H groups in total. The fourth-order valence-electron chi connectivity index (χ4n) is 2.56. The minimum absolute atomic E-state index is 0.0516. The molecule has 1 aliphatic rings. The number of nitrogens with zero attached hydrogens (tertiary/aromatic N) is 1. The summed E-state index contributed by atoms with van der Waals surface area (Å²) in [6.45, 7) is 10.6. The number of nitrogens with one attached hydrogen (secondary N) is 1. The Morgan fingerprint density at radius 2 is 2.00 bits per heavy atom. The molecule has 0 radical (unpaired) electrons. The van der Waals surface area contributed by atoms with Crippen LogP contribution in [-0.2, 0) is 9.53 Å². The van der Waals surface area contributed by atoms with Gasteiger partial charge in [0, 0.05) is 24.7 Å². The number of ether oxygens (including phenoxy) is 1. The molecule has 0 saturated carbocycles. The third kappa shape index (κ3) is 5.91. The summed E-state index contributed by atoms with van der Waals surface area (Å²) >= 11 is 0. The van der Waals surface area contributed by atoms with Gasteiger partial charge in [-0.15, -0.1) is 0 Å². The SMILES string of the molecule is CC1(C)CC(NC(=O)N(CCC(=O)O)C(C)(C)C)CCO1. The number of hydrogen-bond donors (Lipinski definition) is 2. The summed E-state index contributed by atoms with van der Waals surface area (Å²) in [5.41, 5.74) is -0.649. The Bertz CT molecular complexity index is 388. The van der Waals surface area contributed by atoms with E-state index in [0.29, 0.717) is 6.61 Å². The number of rotatable bonds is 4. The molecule has 21 heavy (non-hydrogen) atoms. The molecule has 0 aromatic carbocycles. The average molecular weight is 300 g/mol. The highest BCUT2D eigenvalue weighted by Gasteiger charge is 2.33. The Balaban J connectivity index is 2.66. The van der Waals surface area contributed by atoms with E-state index in [0.717, 1.165) is 12.8 Å². The summed E-state index contributed by atoms with van der Waals surface area (Å²) in [7, 11) is 0. The van der Waals surface area contributed by atoms with Crippen molar-refractivity contribution in [1.82, 2.24) is 10.2 Å². The van der Waals surface area contributed by atoms with Crippen molar-refractivity contribution in [2.24, 2.45) is 0 Å². The number of carbonyl (C=O) groups is 2. The van der Waals surface area contributed by atoms with Gasteiger partial charge in [0.15, 0.2) is 0 Å². The molecule has 1 aliphatic heterocycles. The molecule has 0 aromatic heterocycles. The first-order chi connectivity index (χ1) is 9.51. The van der Waals surface area contributed by atoms with Crippen LogP contribution in [0.1, 0.15) is 53.9 Å². The van der Waals surface area contributed by atoms with Crippen LogP contribution < -0.4 is 5.32 Å². The van der Waals surface area contributed by atoms with Gasteiger partial charge in [-0.05, 0) is 47.5 Å². The van der Waals surface area contributed by atoms with Crippen LogP contribution in [0.25, 0.3) is 0 Å². The Morgan fingerprint density at radius 1 is 1.38 bits per heavy atom. The first-order valence-corrected chi connectivity index (χ1v) is 7.45. The number of carboxylic acid groups (broad SMARTS) is 1. The topological polar surface area (TPSA) is 78.9 Å². The zero-order valence-electron chi connectivity index (χ0n) is 13.7. The minimum atomic E-state index is -0.899. The summed E-state index contributed by atoms with van der Waals surface area (Å²) in [5.74, 6) is -0.899. The molecule has 1 fully saturated rings. The van der Waals surface area contributed by atoms with Crippen LogP contribution in [0.4, 0.5) is 4.79 Å². The van der Waals surface area contributed by atoms with Crippen LogP contribution in [0.5, 0.6) is 0 Å². The third-order valence-corrected chi connectivity index (χ3v) is 3.63. The quantitative estimate of drug-likeness (QED) is 0.834. The smallest absolute Gasteiger partial charge is 0.318 e. The van der Waals surface area contributed by atoms with Crippen molar-refractivity contribution < 1.29 is 19.4 Å². The van der Waals surface area contributed by atoms with Crippen molar-refractivity contribution in [3.63, 3.8) is 0 Å². The molecular formula is C15H28N2O4. The Labute approximate surface area is 126 Å². The molecule has 1 saturated heterocycles. The van der Waals surface area contributed by atoms with Gasteiger partial charge in [0.25, 0.3) is 0 Å². The summed E-state index contributed by atoms with van der Waals surface area (Å²) in [6.07, 6.45) is 1.49. The van der Waals surface area contributed by atoms with Crippen LogP contribution in [0.2, 0.25) is 0 Å². The van der Waals surface area contributed by atoms with Crippen molar-refractivity contribution in [2.75, 3.05) is 13.2 Å². The molecule has 1 unspecified atom stereocenters.